The van der Waals surface area contributed by atoms with Crippen molar-refractivity contribution in [2.45, 2.75) is 6.54 Å². The van der Waals surface area contributed by atoms with Crippen molar-refractivity contribution in [2.75, 3.05) is 20.2 Å². The van der Waals surface area contributed by atoms with Crippen molar-refractivity contribution < 1.29 is 9.53 Å². The van der Waals surface area contributed by atoms with Crippen molar-refractivity contribution >= 4 is 21.9 Å². The van der Waals surface area contributed by atoms with E-state index in [-0.39, 0.29) is 11.9 Å². The summed E-state index contributed by atoms with van der Waals surface area (Å²) < 4.78 is 5.53. The predicted octanol–water partition coefficient (Wildman–Crippen LogP) is 1.45. The third-order valence-corrected chi connectivity index (χ3v) is 3.09. The number of pyridine rings is 1. The molecule has 0 saturated carbocycles. The number of likely N-dealkylation sites (tertiary alicyclic amines) is 1. The van der Waals surface area contributed by atoms with Crippen LogP contribution in [0.2, 0.25) is 0 Å². The summed E-state index contributed by atoms with van der Waals surface area (Å²) in [5.74, 6) is -0.0735. The van der Waals surface area contributed by atoms with Crippen molar-refractivity contribution in [1.82, 2.24) is 9.88 Å². The second-order valence-corrected chi connectivity index (χ2v) is 4.68. The van der Waals surface area contributed by atoms with E-state index in [1.54, 1.807) is 0 Å². The monoisotopic (exact) mass is 284 g/mol. The molecule has 1 aromatic rings. The van der Waals surface area contributed by atoms with E-state index in [9.17, 15) is 4.79 Å². The van der Waals surface area contributed by atoms with Crippen molar-refractivity contribution in [1.29, 1.82) is 0 Å². The van der Waals surface area contributed by atoms with Crippen LogP contribution in [0, 0.1) is 5.92 Å². The van der Waals surface area contributed by atoms with Crippen LogP contribution >= 0.6 is 15.9 Å². The average molecular weight is 285 g/mol. The predicted molar refractivity (Wildman–Crippen MR) is 62.7 cm³/mol. The van der Waals surface area contributed by atoms with Gasteiger partial charge in [-0.15, -0.1) is 0 Å². The van der Waals surface area contributed by atoms with Gasteiger partial charge in [0.1, 0.15) is 4.60 Å². The van der Waals surface area contributed by atoms with Gasteiger partial charge in [0.05, 0.1) is 18.7 Å². The molecule has 2 rings (SSSR count). The number of esters is 1. The van der Waals surface area contributed by atoms with Crippen LogP contribution in [0.4, 0.5) is 0 Å². The summed E-state index contributed by atoms with van der Waals surface area (Å²) in [6, 6.07) is 5.84. The zero-order valence-electron chi connectivity index (χ0n) is 9.02. The fourth-order valence-corrected chi connectivity index (χ4v) is 2.16. The molecule has 0 unspecified atom stereocenters. The first-order chi connectivity index (χ1) is 7.69. The van der Waals surface area contributed by atoms with E-state index in [1.807, 2.05) is 18.2 Å². The first kappa shape index (κ1) is 11.5. The number of methoxy groups -OCH3 is 1. The maximum Gasteiger partial charge on any atom is 0.311 e. The molecule has 5 heteroatoms. The van der Waals surface area contributed by atoms with Crippen LogP contribution in [0.25, 0.3) is 0 Å². The van der Waals surface area contributed by atoms with Gasteiger partial charge in [-0.3, -0.25) is 9.69 Å². The average Bonchev–Trinajstić information content (AvgIpc) is 2.22. The normalized spacial score (nSPS) is 16.9. The van der Waals surface area contributed by atoms with E-state index >= 15 is 0 Å². The van der Waals surface area contributed by atoms with Crippen molar-refractivity contribution in [3.8, 4) is 0 Å². The molecule has 0 N–H and O–H groups in total. The highest BCUT2D eigenvalue weighted by Crippen LogP contribution is 2.19. The molecule has 0 aromatic carbocycles. The summed E-state index contributed by atoms with van der Waals surface area (Å²) >= 11 is 3.33. The van der Waals surface area contributed by atoms with E-state index in [0.717, 1.165) is 29.9 Å². The van der Waals surface area contributed by atoms with E-state index in [2.05, 4.69) is 30.6 Å². The van der Waals surface area contributed by atoms with E-state index in [4.69, 9.17) is 0 Å². The molecule has 1 aromatic heterocycles. The van der Waals surface area contributed by atoms with Crippen LogP contribution in [-0.2, 0) is 16.1 Å². The van der Waals surface area contributed by atoms with Gasteiger partial charge in [-0.05, 0) is 28.1 Å². The van der Waals surface area contributed by atoms with E-state index in [1.165, 1.54) is 7.11 Å². The van der Waals surface area contributed by atoms with Gasteiger partial charge in [-0.2, -0.15) is 0 Å². The smallest absolute Gasteiger partial charge is 0.311 e. The maximum absolute atomic E-state index is 11.2. The summed E-state index contributed by atoms with van der Waals surface area (Å²) in [7, 11) is 1.43. The first-order valence-electron chi connectivity index (χ1n) is 5.10. The van der Waals surface area contributed by atoms with Crippen LogP contribution in [0.15, 0.2) is 22.8 Å². The zero-order chi connectivity index (χ0) is 11.5. The van der Waals surface area contributed by atoms with Crippen molar-refractivity contribution in [2.24, 2.45) is 5.92 Å². The Kier molecular flexibility index (Phi) is 3.56. The number of nitrogens with zero attached hydrogens (tertiary/aromatic N) is 2. The van der Waals surface area contributed by atoms with Gasteiger partial charge in [0.25, 0.3) is 0 Å². The Morgan fingerprint density at radius 2 is 2.38 bits per heavy atom. The topological polar surface area (TPSA) is 42.4 Å². The van der Waals surface area contributed by atoms with Crippen LogP contribution in [0.1, 0.15) is 5.69 Å². The Hall–Kier alpha value is -0.940. The molecule has 86 valence electrons. The summed E-state index contributed by atoms with van der Waals surface area (Å²) in [5, 5.41) is 0. The second kappa shape index (κ2) is 4.93. The molecule has 1 aliphatic heterocycles. The third-order valence-electron chi connectivity index (χ3n) is 2.65. The molecule has 0 bridgehead atoms. The number of halogens is 1. The minimum Gasteiger partial charge on any atom is -0.469 e. The molecular formula is C11H13BrN2O2. The van der Waals surface area contributed by atoms with Crippen LogP contribution in [-0.4, -0.2) is 36.1 Å². The number of aromatic nitrogens is 1. The van der Waals surface area contributed by atoms with Crippen molar-refractivity contribution in [3.05, 3.63) is 28.5 Å². The van der Waals surface area contributed by atoms with Crippen molar-refractivity contribution in [3.63, 3.8) is 0 Å². The lowest BCUT2D eigenvalue weighted by Crippen LogP contribution is -2.50. The molecule has 16 heavy (non-hydrogen) atoms. The third kappa shape index (κ3) is 2.59. The van der Waals surface area contributed by atoms with E-state index < -0.39 is 0 Å². The van der Waals surface area contributed by atoms with Crippen LogP contribution in [0.5, 0.6) is 0 Å². The zero-order valence-corrected chi connectivity index (χ0v) is 10.6. The molecule has 0 aliphatic carbocycles. The van der Waals surface area contributed by atoms with Crippen LogP contribution < -0.4 is 0 Å². The number of carbonyl (C=O) groups is 1. The Morgan fingerprint density at radius 3 is 3.00 bits per heavy atom. The maximum atomic E-state index is 11.2. The van der Waals surface area contributed by atoms with Gasteiger partial charge < -0.3 is 4.74 Å². The van der Waals surface area contributed by atoms with Crippen LogP contribution in [0.3, 0.4) is 0 Å². The fourth-order valence-electron chi connectivity index (χ4n) is 1.78. The number of hydrogen-bond donors (Lipinski definition) is 0. The molecule has 1 aliphatic rings. The molecule has 1 fully saturated rings. The Balaban J connectivity index is 1.84. The van der Waals surface area contributed by atoms with Gasteiger partial charge in [0, 0.05) is 19.6 Å². The molecule has 4 nitrogen and oxygen atoms in total. The molecule has 0 atom stereocenters. The highest BCUT2D eigenvalue weighted by molar-refractivity contribution is 9.10. The minimum atomic E-state index is -0.113. The number of ether oxygens (including phenoxy) is 1. The summed E-state index contributed by atoms with van der Waals surface area (Å²) in [6.45, 7) is 2.31. The standard InChI is InChI=1S/C11H13BrN2O2/c1-16-11(15)8-5-14(6-8)7-9-3-2-4-10(12)13-9/h2-4,8H,5-7H2,1H3. The molecule has 2 heterocycles. The Morgan fingerprint density at radius 1 is 1.62 bits per heavy atom. The lowest BCUT2D eigenvalue weighted by molar-refractivity contribution is -0.151. The SMILES string of the molecule is COC(=O)C1CN(Cc2cccc(Br)n2)C1. The second-order valence-electron chi connectivity index (χ2n) is 3.87. The molecule has 0 amide bonds. The van der Waals surface area contributed by atoms with Gasteiger partial charge in [-0.1, -0.05) is 6.07 Å². The first-order valence-corrected chi connectivity index (χ1v) is 5.90. The molecule has 0 radical (unpaired) electrons. The summed E-state index contributed by atoms with van der Waals surface area (Å²) in [6.07, 6.45) is 0. The number of carbonyl (C=O) groups excluding carboxylic acids is 1. The Labute approximate surface area is 103 Å². The highest BCUT2D eigenvalue weighted by atomic mass is 79.9. The molecular weight excluding hydrogens is 272 g/mol. The number of hydrogen-bond acceptors (Lipinski definition) is 4. The lowest BCUT2D eigenvalue weighted by atomic mass is 10.0. The number of rotatable bonds is 3. The largest absolute Gasteiger partial charge is 0.469 e. The van der Waals surface area contributed by atoms with Gasteiger partial charge >= 0.3 is 5.97 Å². The lowest BCUT2D eigenvalue weighted by Gasteiger charge is -2.36. The Bertz CT molecular complexity index is 391. The summed E-state index contributed by atoms with van der Waals surface area (Å²) in [4.78, 5) is 17.7. The molecule has 0 spiro atoms. The summed E-state index contributed by atoms with van der Waals surface area (Å²) in [5.41, 5.74) is 1.01. The molecule has 1 saturated heterocycles. The quantitative estimate of drug-likeness (QED) is 0.622. The van der Waals surface area contributed by atoms with Gasteiger partial charge in [-0.25, -0.2) is 4.98 Å². The fraction of sp³-hybridized carbons (Fsp3) is 0.455. The van der Waals surface area contributed by atoms with E-state index in [0.29, 0.717) is 0 Å². The highest BCUT2D eigenvalue weighted by Gasteiger charge is 2.33. The minimum absolute atomic E-state index is 0.0390. The van der Waals surface area contributed by atoms with Gasteiger partial charge in [0.15, 0.2) is 0 Å². The van der Waals surface area contributed by atoms with Gasteiger partial charge in [0.2, 0.25) is 0 Å².